The van der Waals surface area contributed by atoms with E-state index in [9.17, 15) is 14.9 Å². The molecule has 0 fully saturated rings. The van der Waals surface area contributed by atoms with E-state index >= 15 is 0 Å². The number of likely N-dealkylation sites (N-methyl/N-ethyl adjacent to an activating group) is 1. The summed E-state index contributed by atoms with van der Waals surface area (Å²) >= 11 is 1.34. The van der Waals surface area contributed by atoms with E-state index in [4.69, 9.17) is 9.47 Å². The molecule has 0 saturated carbocycles. The van der Waals surface area contributed by atoms with E-state index < -0.39 is 4.92 Å². The summed E-state index contributed by atoms with van der Waals surface area (Å²) in [6.07, 6.45) is 0. The van der Waals surface area contributed by atoms with Crippen LogP contribution >= 0.6 is 11.8 Å². The molecule has 8 heteroatoms. The van der Waals surface area contributed by atoms with E-state index in [1.54, 1.807) is 31.2 Å². The molecule has 0 aliphatic rings. The van der Waals surface area contributed by atoms with Gasteiger partial charge >= 0.3 is 0 Å². The Kier molecular flexibility index (Phi) is 7.28. The number of amides is 1. The van der Waals surface area contributed by atoms with Gasteiger partial charge in [-0.25, -0.2) is 0 Å². The molecule has 1 amide bonds. The highest BCUT2D eigenvalue weighted by molar-refractivity contribution is 8.00. The second-order valence-electron chi connectivity index (χ2n) is 5.38. The number of carbonyl (C=O) groups excluding carboxylic acids is 1. The number of thioether (sulfide) groups is 1. The number of rotatable bonds is 9. The molecule has 26 heavy (non-hydrogen) atoms. The predicted octanol–water partition coefficient (Wildman–Crippen LogP) is 3.23. The third-order valence-corrected chi connectivity index (χ3v) is 4.59. The van der Waals surface area contributed by atoms with E-state index in [0.29, 0.717) is 18.9 Å². The van der Waals surface area contributed by atoms with E-state index in [2.05, 4.69) is 0 Å². The maximum atomic E-state index is 12.1. The number of nitrogens with zero attached hydrogens (tertiary/aromatic N) is 2. The van der Waals surface area contributed by atoms with Crippen molar-refractivity contribution < 1.29 is 19.2 Å². The van der Waals surface area contributed by atoms with Gasteiger partial charge in [0, 0.05) is 24.1 Å². The van der Waals surface area contributed by atoms with Crippen molar-refractivity contribution in [1.82, 2.24) is 4.90 Å². The molecule has 2 aromatic rings. The van der Waals surface area contributed by atoms with Crippen molar-refractivity contribution in [3.8, 4) is 11.5 Å². The molecule has 0 radical (unpaired) electrons. The second kappa shape index (κ2) is 9.67. The fourth-order valence-electron chi connectivity index (χ4n) is 2.02. The van der Waals surface area contributed by atoms with Crippen LogP contribution in [0.3, 0.4) is 0 Å². The zero-order valence-corrected chi connectivity index (χ0v) is 15.4. The Morgan fingerprint density at radius 2 is 1.73 bits per heavy atom. The maximum Gasteiger partial charge on any atom is 0.269 e. The van der Waals surface area contributed by atoms with Gasteiger partial charge in [-0.05, 0) is 36.4 Å². The van der Waals surface area contributed by atoms with Gasteiger partial charge in [0.2, 0.25) is 5.91 Å². The molecule has 0 saturated heterocycles. The van der Waals surface area contributed by atoms with Crippen LogP contribution < -0.4 is 9.47 Å². The first-order chi connectivity index (χ1) is 12.5. The molecule has 0 atom stereocenters. The summed E-state index contributed by atoms with van der Waals surface area (Å²) < 4.78 is 10.7. The van der Waals surface area contributed by atoms with Gasteiger partial charge in [0.25, 0.3) is 5.69 Å². The lowest BCUT2D eigenvalue weighted by molar-refractivity contribution is -0.384. The summed E-state index contributed by atoms with van der Waals surface area (Å²) in [6.45, 7) is 0.850. The Hall–Kier alpha value is -2.74. The first kappa shape index (κ1) is 19.6. The van der Waals surface area contributed by atoms with Gasteiger partial charge in [0.15, 0.2) is 0 Å². The van der Waals surface area contributed by atoms with Crippen molar-refractivity contribution in [3.63, 3.8) is 0 Å². The zero-order valence-electron chi connectivity index (χ0n) is 14.6. The average Bonchev–Trinajstić information content (AvgIpc) is 2.66. The molecule has 0 spiro atoms. The van der Waals surface area contributed by atoms with Crippen LogP contribution in [0.4, 0.5) is 5.69 Å². The number of hydrogen-bond donors (Lipinski definition) is 0. The minimum absolute atomic E-state index is 0.0355. The van der Waals surface area contributed by atoms with Crippen LogP contribution in [0, 0.1) is 10.1 Å². The van der Waals surface area contributed by atoms with Crippen molar-refractivity contribution in [3.05, 3.63) is 58.6 Å². The van der Waals surface area contributed by atoms with Crippen molar-refractivity contribution in [1.29, 1.82) is 0 Å². The van der Waals surface area contributed by atoms with Crippen molar-refractivity contribution in [2.45, 2.75) is 4.90 Å². The van der Waals surface area contributed by atoms with Crippen molar-refractivity contribution >= 4 is 23.4 Å². The van der Waals surface area contributed by atoms with Crippen LogP contribution in [-0.2, 0) is 4.79 Å². The van der Waals surface area contributed by atoms with Gasteiger partial charge in [0.1, 0.15) is 18.1 Å². The summed E-state index contributed by atoms with van der Waals surface area (Å²) in [4.78, 5) is 24.7. The number of benzene rings is 2. The van der Waals surface area contributed by atoms with E-state index in [1.807, 2.05) is 24.3 Å². The minimum atomic E-state index is -0.448. The predicted molar refractivity (Wildman–Crippen MR) is 99.9 cm³/mol. The molecule has 0 unspecified atom stereocenters. The monoisotopic (exact) mass is 376 g/mol. The lowest BCUT2D eigenvalue weighted by Gasteiger charge is -2.17. The molecular weight excluding hydrogens is 356 g/mol. The highest BCUT2D eigenvalue weighted by atomic mass is 32.2. The second-order valence-corrected chi connectivity index (χ2v) is 6.43. The third-order valence-electron chi connectivity index (χ3n) is 3.59. The molecule has 0 aliphatic heterocycles. The van der Waals surface area contributed by atoms with Gasteiger partial charge in [0.05, 0.1) is 24.3 Å². The number of hydrogen-bond acceptors (Lipinski definition) is 6. The molecular formula is C18H20N2O5S. The minimum Gasteiger partial charge on any atom is -0.497 e. The van der Waals surface area contributed by atoms with Gasteiger partial charge in [-0.1, -0.05) is 0 Å². The Bertz CT molecular complexity index is 734. The summed E-state index contributed by atoms with van der Waals surface area (Å²) in [6, 6.07) is 13.4. The first-order valence-electron chi connectivity index (χ1n) is 7.87. The topological polar surface area (TPSA) is 81.9 Å². The highest BCUT2D eigenvalue weighted by Crippen LogP contribution is 2.21. The smallest absolute Gasteiger partial charge is 0.269 e. The van der Waals surface area contributed by atoms with E-state index in [0.717, 1.165) is 10.6 Å². The third kappa shape index (κ3) is 5.96. The Balaban J connectivity index is 1.72. The van der Waals surface area contributed by atoms with Gasteiger partial charge in [-0.2, -0.15) is 0 Å². The lowest BCUT2D eigenvalue weighted by atomic mass is 10.3. The van der Waals surface area contributed by atoms with Crippen LogP contribution in [0.25, 0.3) is 0 Å². The molecule has 138 valence electrons. The number of ether oxygens (including phenoxy) is 2. The molecule has 0 aromatic heterocycles. The van der Waals surface area contributed by atoms with Crippen LogP contribution in [0.15, 0.2) is 53.4 Å². The molecule has 0 aliphatic carbocycles. The van der Waals surface area contributed by atoms with E-state index in [1.165, 1.54) is 23.9 Å². The van der Waals surface area contributed by atoms with Crippen LogP contribution in [-0.4, -0.2) is 48.8 Å². The summed E-state index contributed by atoms with van der Waals surface area (Å²) in [5.41, 5.74) is 0.0356. The number of carbonyl (C=O) groups is 1. The number of non-ortho nitro benzene ring substituents is 1. The average molecular weight is 376 g/mol. The maximum absolute atomic E-state index is 12.1. The summed E-state index contributed by atoms with van der Waals surface area (Å²) in [5.74, 6) is 1.70. The molecule has 2 aromatic carbocycles. The van der Waals surface area contributed by atoms with E-state index in [-0.39, 0.29) is 17.3 Å². The van der Waals surface area contributed by atoms with Crippen LogP contribution in [0.1, 0.15) is 0 Å². The fourth-order valence-corrected chi connectivity index (χ4v) is 2.86. The van der Waals surface area contributed by atoms with Crippen molar-refractivity contribution in [2.75, 3.05) is 33.1 Å². The lowest BCUT2D eigenvalue weighted by Crippen LogP contribution is -2.32. The van der Waals surface area contributed by atoms with Gasteiger partial charge < -0.3 is 14.4 Å². The Morgan fingerprint density at radius 3 is 2.31 bits per heavy atom. The standard InChI is InChI=1S/C18H20N2O5S/c1-19(11-12-25-16-7-5-15(24-2)6-8-16)18(21)13-26-17-9-3-14(4-10-17)20(22)23/h3-10H,11-13H2,1-2H3. The largest absolute Gasteiger partial charge is 0.497 e. The van der Waals surface area contributed by atoms with Crippen molar-refractivity contribution in [2.24, 2.45) is 0 Å². The van der Waals surface area contributed by atoms with Gasteiger partial charge in [-0.15, -0.1) is 11.8 Å². The molecule has 0 N–H and O–H groups in total. The summed E-state index contributed by atoms with van der Waals surface area (Å²) in [7, 11) is 3.32. The number of methoxy groups -OCH3 is 1. The highest BCUT2D eigenvalue weighted by Gasteiger charge is 2.10. The van der Waals surface area contributed by atoms with Gasteiger partial charge in [-0.3, -0.25) is 14.9 Å². The molecule has 7 nitrogen and oxygen atoms in total. The van der Waals surface area contributed by atoms with Crippen LogP contribution in [0.2, 0.25) is 0 Å². The Labute approximate surface area is 156 Å². The number of nitro benzene ring substituents is 1. The SMILES string of the molecule is COc1ccc(OCCN(C)C(=O)CSc2ccc([N+](=O)[O-])cc2)cc1. The molecule has 0 bridgehead atoms. The number of nitro groups is 1. The van der Waals surface area contributed by atoms with Crippen LogP contribution in [0.5, 0.6) is 11.5 Å². The quantitative estimate of drug-likeness (QED) is 0.380. The fraction of sp³-hybridized carbons (Fsp3) is 0.278. The Morgan fingerprint density at radius 1 is 1.12 bits per heavy atom. The first-order valence-corrected chi connectivity index (χ1v) is 8.86. The zero-order chi connectivity index (χ0) is 18.9. The molecule has 2 rings (SSSR count). The summed E-state index contributed by atoms with van der Waals surface area (Å²) in [5, 5.41) is 10.6. The normalized spacial score (nSPS) is 10.2. The molecule has 0 heterocycles.